The summed E-state index contributed by atoms with van der Waals surface area (Å²) in [5.74, 6) is 0.950. The predicted octanol–water partition coefficient (Wildman–Crippen LogP) is 10.4. The molecule has 1 unspecified atom stereocenters. The molecule has 2 nitrogen and oxygen atoms in total. The smallest absolute Gasteiger partial charge is 0.138 e. The van der Waals surface area contributed by atoms with Gasteiger partial charge in [0.05, 0.1) is 16.4 Å². The first kappa shape index (κ1) is 23.7. The van der Waals surface area contributed by atoms with Crippen molar-refractivity contribution in [3.05, 3.63) is 161 Å². The van der Waals surface area contributed by atoms with Crippen molar-refractivity contribution in [3.63, 3.8) is 0 Å². The van der Waals surface area contributed by atoms with Crippen molar-refractivity contribution in [2.24, 2.45) is 0 Å². The summed E-state index contributed by atoms with van der Waals surface area (Å²) in [6, 6.07) is 42.7. The number of hydrogen-bond acceptors (Lipinski definition) is 2. The van der Waals surface area contributed by atoms with Gasteiger partial charge >= 0.3 is 0 Å². The van der Waals surface area contributed by atoms with Crippen LogP contribution in [0.15, 0.2) is 149 Å². The molecule has 3 aliphatic rings. The van der Waals surface area contributed by atoms with E-state index in [1.165, 1.54) is 70.4 Å². The Morgan fingerprint density at radius 3 is 2.40 bits per heavy atom. The van der Waals surface area contributed by atoms with Crippen LogP contribution in [0.3, 0.4) is 0 Å². The molecule has 0 saturated carbocycles. The van der Waals surface area contributed by atoms with Gasteiger partial charge in [-0.1, -0.05) is 109 Å². The van der Waals surface area contributed by atoms with Crippen LogP contribution in [-0.2, 0) is 5.41 Å². The van der Waals surface area contributed by atoms with E-state index in [2.05, 4.69) is 132 Å². The fourth-order valence-electron chi connectivity index (χ4n) is 7.99. The zero-order chi connectivity index (χ0) is 28.1. The molecule has 2 aromatic heterocycles. The summed E-state index contributed by atoms with van der Waals surface area (Å²) in [6.07, 6.45) is 9.00. The Bertz CT molecular complexity index is 2390. The van der Waals surface area contributed by atoms with Gasteiger partial charge in [0.15, 0.2) is 0 Å². The lowest BCUT2D eigenvalue weighted by atomic mass is 9.65. The third-order valence-electron chi connectivity index (χ3n) is 9.73. The van der Waals surface area contributed by atoms with Crippen LogP contribution in [0, 0.1) is 0 Å². The van der Waals surface area contributed by atoms with Crippen LogP contribution in [0.4, 0.5) is 0 Å². The molecule has 5 aromatic carbocycles. The molecule has 0 bridgehead atoms. The Labute approximate surface area is 254 Å². The first-order valence-electron chi connectivity index (χ1n) is 15.0. The van der Waals surface area contributed by atoms with E-state index in [0.29, 0.717) is 0 Å². The molecule has 2 aliphatic carbocycles. The fraction of sp³-hybridized carbons (Fsp3) is 0.0750. The molecule has 1 spiro atoms. The number of aromatic nitrogens is 2. The molecule has 1 atom stereocenters. The molecule has 202 valence electrons. The van der Waals surface area contributed by atoms with Crippen LogP contribution in [0.2, 0.25) is 0 Å². The molecule has 0 amide bonds. The number of nitrogens with zero attached hydrogens (tertiary/aromatic N) is 2. The predicted molar refractivity (Wildman–Crippen MR) is 179 cm³/mol. The minimum Gasteiger partial charge on any atom is -0.294 e. The first-order valence-corrected chi connectivity index (χ1v) is 15.8. The minimum atomic E-state index is -0.355. The number of pyridine rings is 1. The second-order valence-electron chi connectivity index (χ2n) is 11.8. The van der Waals surface area contributed by atoms with E-state index in [-0.39, 0.29) is 5.41 Å². The van der Waals surface area contributed by atoms with Crippen molar-refractivity contribution in [1.29, 1.82) is 0 Å². The maximum absolute atomic E-state index is 5.03. The molecule has 10 rings (SSSR count). The highest BCUT2D eigenvalue weighted by molar-refractivity contribution is 8.03. The lowest BCUT2D eigenvalue weighted by molar-refractivity contribution is 0.724. The Balaban J connectivity index is 1.38. The van der Waals surface area contributed by atoms with Crippen molar-refractivity contribution in [3.8, 4) is 16.9 Å². The number of benzene rings is 5. The summed E-state index contributed by atoms with van der Waals surface area (Å²) >= 11 is 1.97. The van der Waals surface area contributed by atoms with Gasteiger partial charge in [-0.05, 0) is 86.9 Å². The highest BCUT2D eigenvalue weighted by atomic mass is 32.2. The van der Waals surface area contributed by atoms with Gasteiger partial charge in [-0.15, -0.1) is 0 Å². The Hall–Kier alpha value is -4.86. The van der Waals surface area contributed by atoms with Crippen molar-refractivity contribution < 1.29 is 0 Å². The number of rotatable bonds is 1. The van der Waals surface area contributed by atoms with Gasteiger partial charge in [0.2, 0.25) is 0 Å². The van der Waals surface area contributed by atoms with E-state index in [1.54, 1.807) is 0 Å². The quantitative estimate of drug-likeness (QED) is 0.197. The average Bonchev–Trinajstić information content (AvgIpc) is 3.54. The molecule has 1 aliphatic heterocycles. The van der Waals surface area contributed by atoms with Crippen LogP contribution >= 0.6 is 11.8 Å². The van der Waals surface area contributed by atoms with Crippen LogP contribution in [0.25, 0.3) is 49.5 Å². The van der Waals surface area contributed by atoms with Gasteiger partial charge in [0.25, 0.3) is 0 Å². The maximum atomic E-state index is 5.03. The van der Waals surface area contributed by atoms with Gasteiger partial charge in [0.1, 0.15) is 5.82 Å². The summed E-state index contributed by atoms with van der Waals surface area (Å²) in [5.41, 5.74) is 10.3. The molecule has 3 heterocycles. The number of thioether (sulfide) groups is 1. The van der Waals surface area contributed by atoms with Crippen molar-refractivity contribution >= 4 is 44.3 Å². The molecule has 7 aromatic rings. The molecular formula is C40H26N2S. The molecule has 43 heavy (non-hydrogen) atoms. The summed E-state index contributed by atoms with van der Waals surface area (Å²) in [4.78, 5) is 7.90. The molecule has 0 fully saturated rings. The second kappa shape index (κ2) is 8.59. The van der Waals surface area contributed by atoms with Crippen molar-refractivity contribution in [1.82, 2.24) is 9.55 Å². The van der Waals surface area contributed by atoms with Crippen LogP contribution in [0.1, 0.15) is 29.5 Å². The lowest BCUT2D eigenvalue weighted by Gasteiger charge is -2.41. The van der Waals surface area contributed by atoms with Gasteiger partial charge in [-0.25, -0.2) is 4.98 Å². The van der Waals surface area contributed by atoms with E-state index < -0.39 is 0 Å². The molecule has 0 N–H and O–H groups in total. The summed E-state index contributed by atoms with van der Waals surface area (Å²) in [7, 11) is 0. The molecule has 0 radical (unpaired) electrons. The summed E-state index contributed by atoms with van der Waals surface area (Å²) in [5, 5.41) is 4.87. The van der Waals surface area contributed by atoms with E-state index in [1.807, 2.05) is 18.0 Å². The van der Waals surface area contributed by atoms with E-state index in [9.17, 15) is 0 Å². The topological polar surface area (TPSA) is 17.8 Å². The highest BCUT2D eigenvalue weighted by Gasteiger charge is 2.51. The van der Waals surface area contributed by atoms with Crippen LogP contribution in [-0.4, -0.2) is 9.55 Å². The largest absolute Gasteiger partial charge is 0.294 e. The van der Waals surface area contributed by atoms with Gasteiger partial charge in [0, 0.05) is 27.3 Å². The Morgan fingerprint density at radius 1 is 0.651 bits per heavy atom. The highest BCUT2D eigenvalue weighted by Crippen LogP contribution is 2.63. The van der Waals surface area contributed by atoms with Gasteiger partial charge in [-0.2, -0.15) is 0 Å². The third kappa shape index (κ3) is 3.02. The molecule has 0 saturated heterocycles. The van der Waals surface area contributed by atoms with E-state index in [0.717, 1.165) is 24.0 Å². The zero-order valence-electron chi connectivity index (χ0n) is 23.4. The Kier molecular flexibility index (Phi) is 4.73. The van der Waals surface area contributed by atoms with Crippen LogP contribution in [0.5, 0.6) is 0 Å². The number of hydrogen-bond donors (Lipinski definition) is 0. The second-order valence-corrected chi connectivity index (χ2v) is 13.0. The third-order valence-corrected chi connectivity index (χ3v) is 11.0. The van der Waals surface area contributed by atoms with Crippen molar-refractivity contribution in [2.45, 2.75) is 23.2 Å². The van der Waals surface area contributed by atoms with Crippen LogP contribution < -0.4 is 0 Å². The first-order chi connectivity index (χ1) is 21.3. The average molecular weight is 567 g/mol. The standard InChI is InChI=1S/C40H26N2S/c1-2-12-26-24-41-39(21-25(26)11-1)42-35-18-8-4-14-28(35)30-22-29-27-13-3-5-15-31(27)40(34(29)23-36(30)42)32-16-6-9-19-37(32)43-38-20-10-7-17-33(38)40/h1-9,11-19,21-24H,10,20H2. The molecular weight excluding hydrogens is 541 g/mol. The van der Waals surface area contributed by atoms with E-state index in [4.69, 9.17) is 4.98 Å². The normalized spacial score (nSPS) is 18.3. The van der Waals surface area contributed by atoms with Crippen molar-refractivity contribution in [2.75, 3.05) is 0 Å². The maximum Gasteiger partial charge on any atom is 0.138 e. The number of allylic oxidation sites excluding steroid dienone is 4. The SMILES string of the molecule is C1=CC2=C(CC1)Sc1ccccc1C21c2ccccc2-c2cc3c4ccccc4n(-c4cc5ccccc5cn4)c3cc21. The van der Waals surface area contributed by atoms with E-state index >= 15 is 0 Å². The summed E-state index contributed by atoms with van der Waals surface area (Å²) in [6.45, 7) is 0. The fourth-order valence-corrected chi connectivity index (χ4v) is 9.28. The number of fused-ring (bicyclic) bond motifs is 12. The Morgan fingerprint density at radius 2 is 1.44 bits per heavy atom. The van der Waals surface area contributed by atoms with Gasteiger partial charge < -0.3 is 0 Å². The summed E-state index contributed by atoms with van der Waals surface area (Å²) < 4.78 is 2.38. The molecule has 3 heteroatoms. The monoisotopic (exact) mass is 566 g/mol. The zero-order valence-corrected chi connectivity index (χ0v) is 24.2. The minimum absolute atomic E-state index is 0.355. The number of para-hydroxylation sites is 1. The van der Waals surface area contributed by atoms with Gasteiger partial charge in [-0.3, -0.25) is 4.57 Å². The lowest BCUT2D eigenvalue weighted by Crippen LogP contribution is -2.33.